The number of pyridine rings is 1. The summed E-state index contributed by atoms with van der Waals surface area (Å²) >= 11 is 0. The lowest BCUT2D eigenvalue weighted by Gasteiger charge is -2.15. The highest BCUT2D eigenvalue weighted by atomic mass is 19.2. The molecule has 1 aliphatic rings. The van der Waals surface area contributed by atoms with Crippen LogP contribution in [0.5, 0.6) is 5.75 Å². The molecular weight excluding hydrogens is 428 g/mol. The van der Waals surface area contributed by atoms with Crippen LogP contribution in [0.1, 0.15) is 25.1 Å². The molecule has 0 saturated carbocycles. The summed E-state index contributed by atoms with van der Waals surface area (Å²) in [6.45, 7) is 3.77. The number of benzene rings is 2. The van der Waals surface area contributed by atoms with E-state index in [9.17, 15) is 18.4 Å². The topological polar surface area (TPSA) is 71.5 Å². The minimum atomic E-state index is -1.07. The Morgan fingerprint density at radius 3 is 2.36 bits per heavy atom. The highest BCUT2D eigenvalue weighted by molar-refractivity contribution is 6.36. The van der Waals surface area contributed by atoms with Crippen LogP contribution in [-0.2, 0) is 16.1 Å². The fourth-order valence-corrected chi connectivity index (χ4v) is 3.45. The number of nitrogens with one attached hydrogen (secondary N) is 1. The molecule has 0 atom stereocenters. The van der Waals surface area contributed by atoms with Crippen LogP contribution in [0.2, 0.25) is 0 Å². The lowest BCUT2D eigenvalue weighted by molar-refractivity contribution is -0.137. The lowest BCUT2D eigenvalue weighted by atomic mass is 10.0. The summed E-state index contributed by atoms with van der Waals surface area (Å²) < 4.78 is 32.8. The quantitative estimate of drug-likeness (QED) is 0.537. The van der Waals surface area contributed by atoms with Crippen LogP contribution in [0.25, 0.3) is 5.57 Å². The number of aromatic nitrogens is 1. The molecule has 2 aromatic carbocycles. The molecule has 2 heterocycles. The van der Waals surface area contributed by atoms with E-state index < -0.39 is 23.4 Å². The number of ether oxygens (including phenoxy) is 1. The van der Waals surface area contributed by atoms with Crippen molar-refractivity contribution in [1.29, 1.82) is 0 Å². The Morgan fingerprint density at radius 2 is 1.73 bits per heavy atom. The molecule has 2 amide bonds. The molecule has 0 radical (unpaired) electrons. The van der Waals surface area contributed by atoms with Crippen molar-refractivity contribution in [3.8, 4) is 5.75 Å². The number of carbonyl (C=O) groups excluding carboxylic acids is 2. The monoisotopic (exact) mass is 449 g/mol. The van der Waals surface area contributed by atoms with E-state index in [4.69, 9.17) is 4.74 Å². The van der Waals surface area contributed by atoms with Gasteiger partial charge in [0.2, 0.25) is 0 Å². The molecule has 0 spiro atoms. The van der Waals surface area contributed by atoms with Crippen LogP contribution in [0.3, 0.4) is 0 Å². The summed E-state index contributed by atoms with van der Waals surface area (Å²) in [4.78, 5) is 31.8. The van der Waals surface area contributed by atoms with E-state index in [0.717, 1.165) is 17.0 Å². The second-order valence-corrected chi connectivity index (χ2v) is 7.71. The van der Waals surface area contributed by atoms with Crippen molar-refractivity contribution in [2.24, 2.45) is 0 Å². The Kier molecular flexibility index (Phi) is 6.17. The minimum Gasteiger partial charge on any atom is -0.491 e. The second kappa shape index (κ2) is 9.20. The van der Waals surface area contributed by atoms with Gasteiger partial charge in [0.05, 0.1) is 23.9 Å². The highest BCUT2D eigenvalue weighted by Crippen LogP contribution is 2.32. The third kappa shape index (κ3) is 4.74. The van der Waals surface area contributed by atoms with Crippen molar-refractivity contribution in [1.82, 2.24) is 9.88 Å². The predicted molar refractivity (Wildman–Crippen MR) is 119 cm³/mol. The van der Waals surface area contributed by atoms with Crippen LogP contribution in [0.15, 0.2) is 72.6 Å². The summed E-state index contributed by atoms with van der Waals surface area (Å²) in [7, 11) is 0. The zero-order valence-corrected chi connectivity index (χ0v) is 18.0. The van der Waals surface area contributed by atoms with Gasteiger partial charge >= 0.3 is 0 Å². The van der Waals surface area contributed by atoms with Crippen molar-refractivity contribution in [3.63, 3.8) is 0 Å². The molecule has 6 nitrogen and oxygen atoms in total. The van der Waals surface area contributed by atoms with E-state index >= 15 is 0 Å². The third-order valence-corrected chi connectivity index (χ3v) is 4.92. The molecule has 0 bridgehead atoms. The maximum Gasteiger partial charge on any atom is 0.278 e. The molecule has 0 unspecified atom stereocenters. The number of hydrogen-bond donors (Lipinski definition) is 1. The average Bonchev–Trinajstić information content (AvgIpc) is 3.01. The number of rotatable bonds is 7. The molecule has 8 heteroatoms. The number of halogens is 2. The molecule has 1 N–H and O–H groups in total. The largest absolute Gasteiger partial charge is 0.491 e. The van der Waals surface area contributed by atoms with Crippen molar-refractivity contribution in [2.75, 3.05) is 5.32 Å². The van der Waals surface area contributed by atoms with Crippen LogP contribution in [0.4, 0.5) is 14.5 Å². The van der Waals surface area contributed by atoms with Crippen LogP contribution >= 0.6 is 0 Å². The van der Waals surface area contributed by atoms with Crippen LogP contribution < -0.4 is 10.1 Å². The first-order chi connectivity index (χ1) is 15.8. The number of carbonyl (C=O) groups is 2. The Bertz CT molecular complexity index is 1230. The molecule has 1 aliphatic heterocycles. The highest BCUT2D eigenvalue weighted by Gasteiger charge is 2.39. The van der Waals surface area contributed by atoms with Gasteiger partial charge in [-0.25, -0.2) is 8.78 Å². The third-order valence-electron chi connectivity index (χ3n) is 4.92. The second-order valence-electron chi connectivity index (χ2n) is 7.71. The normalized spacial score (nSPS) is 13.8. The van der Waals surface area contributed by atoms with Gasteiger partial charge < -0.3 is 10.1 Å². The van der Waals surface area contributed by atoms with E-state index in [1.54, 1.807) is 48.7 Å². The van der Waals surface area contributed by atoms with Crippen molar-refractivity contribution < 1.29 is 23.1 Å². The molecule has 4 rings (SSSR count). The Hall–Kier alpha value is -4.07. The SMILES string of the molecule is CC(C)Oc1ccc(C2=C(Nc3ccc(F)c(F)c3)C(=O)N(Cc3ccccn3)C2=O)cc1. The summed E-state index contributed by atoms with van der Waals surface area (Å²) in [5.41, 5.74) is 1.25. The van der Waals surface area contributed by atoms with Crippen molar-refractivity contribution >= 4 is 23.1 Å². The van der Waals surface area contributed by atoms with E-state index in [-0.39, 0.29) is 29.6 Å². The van der Waals surface area contributed by atoms with Gasteiger partial charge in [0.25, 0.3) is 11.8 Å². The van der Waals surface area contributed by atoms with Crippen LogP contribution in [-0.4, -0.2) is 27.8 Å². The molecule has 0 saturated heterocycles. The van der Waals surface area contributed by atoms with Gasteiger partial charge in [0, 0.05) is 18.0 Å². The summed E-state index contributed by atoms with van der Waals surface area (Å²) in [6.07, 6.45) is 1.55. The zero-order valence-electron chi connectivity index (χ0n) is 18.0. The fourth-order valence-electron chi connectivity index (χ4n) is 3.45. The fraction of sp³-hybridized carbons (Fsp3) is 0.160. The van der Waals surface area contributed by atoms with Gasteiger partial charge in [-0.15, -0.1) is 0 Å². The first kappa shape index (κ1) is 22.1. The number of imide groups is 1. The molecule has 33 heavy (non-hydrogen) atoms. The molecule has 3 aromatic rings. The first-order valence-electron chi connectivity index (χ1n) is 10.3. The lowest BCUT2D eigenvalue weighted by Crippen LogP contribution is -2.32. The zero-order chi connectivity index (χ0) is 23.5. The number of amides is 2. The molecule has 1 aromatic heterocycles. The Balaban J connectivity index is 1.72. The summed E-state index contributed by atoms with van der Waals surface area (Å²) in [6, 6.07) is 15.1. The molecule has 0 aliphatic carbocycles. The van der Waals surface area contributed by atoms with Crippen LogP contribution in [0, 0.1) is 11.6 Å². The van der Waals surface area contributed by atoms with Gasteiger partial charge in [-0.3, -0.25) is 19.5 Å². The standard InChI is InChI=1S/C25H21F2N3O3/c1-15(2)33-19-9-6-16(7-10-19)22-23(29-17-8-11-20(26)21(27)13-17)25(32)30(24(22)31)14-18-5-3-4-12-28-18/h3-13,15,29H,14H2,1-2H3. The maximum absolute atomic E-state index is 13.7. The van der Waals surface area contributed by atoms with E-state index in [0.29, 0.717) is 17.0 Å². The average molecular weight is 449 g/mol. The van der Waals surface area contributed by atoms with Gasteiger partial charge in [-0.05, 0) is 55.8 Å². The number of anilines is 1. The Morgan fingerprint density at radius 1 is 0.970 bits per heavy atom. The van der Waals surface area contributed by atoms with Crippen molar-refractivity contribution in [3.05, 3.63) is 95.4 Å². The predicted octanol–water partition coefficient (Wildman–Crippen LogP) is 4.54. The summed E-state index contributed by atoms with van der Waals surface area (Å²) in [5, 5.41) is 2.81. The van der Waals surface area contributed by atoms with Gasteiger partial charge in [0.15, 0.2) is 11.6 Å². The van der Waals surface area contributed by atoms with Crippen molar-refractivity contribution in [2.45, 2.75) is 26.5 Å². The minimum absolute atomic E-state index is 0.0239. The van der Waals surface area contributed by atoms with E-state index in [1.165, 1.54) is 6.07 Å². The van der Waals surface area contributed by atoms with Gasteiger partial charge in [-0.1, -0.05) is 18.2 Å². The first-order valence-corrected chi connectivity index (χ1v) is 10.3. The van der Waals surface area contributed by atoms with E-state index in [2.05, 4.69) is 10.3 Å². The van der Waals surface area contributed by atoms with Gasteiger partial charge in [-0.2, -0.15) is 0 Å². The summed E-state index contributed by atoms with van der Waals surface area (Å²) in [5.74, 6) is -2.58. The number of hydrogen-bond acceptors (Lipinski definition) is 5. The molecular formula is C25H21F2N3O3. The Labute approximate surface area is 189 Å². The molecule has 0 fully saturated rings. The molecule has 168 valence electrons. The maximum atomic E-state index is 13.7. The van der Waals surface area contributed by atoms with Gasteiger partial charge in [0.1, 0.15) is 11.4 Å². The number of nitrogens with zero attached hydrogens (tertiary/aromatic N) is 2. The van der Waals surface area contributed by atoms with E-state index in [1.807, 2.05) is 13.8 Å². The smallest absolute Gasteiger partial charge is 0.278 e.